The van der Waals surface area contributed by atoms with Gasteiger partial charge in [-0.25, -0.2) is 9.78 Å². The first-order valence-corrected chi connectivity index (χ1v) is 6.64. The lowest BCUT2D eigenvalue weighted by atomic mass is 9.85. The largest absolute Gasteiger partial charge is 0.463 e. The van der Waals surface area contributed by atoms with Gasteiger partial charge in [0.2, 0.25) is 0 Å². The Labute approximate surface area is 113 Å². The van der Waals surface area contributed by atoms with E-state index in [9.17, 15) is 4.79 Å². The number of aromatic nitrogens is 3. The van der Waals surface area contributed by atoms with Gasteiger partial charge in [-0.2, -0.15) is 5.10 Å². The van der Waals surface area contributed by atoms with E-state index in [1.165, 1.54) is 0 Å². The molecular formula is C12H14BrN3O2. The highest BCUT2D eigenvalue weighted by Crippen LogP contribution is 2.31. The van der Waals surface area contributed by atoms with Crippen molar-refractivity contribution in [2.75, 3.05) is 0 Å². The third-order valence-corrected chi connectivity index (χ3v) is 3.29. The standard InChI is InChI=1S/C12H14BrN3O2/c1-12(2,3)7-4-5-14-10-9(7)8(6-13)15-16(10)11(17)18/h4-5H,6H2,1-3H3,(H,17,18). The van der Waals surface area contributed by atoms with Crippen LogP contribution in [-0.4, -0.2) is 26.0 Å². The summed E-state index contributed by atoms with van der Waals surface area (Å²) in [5, 5.41) is 14.5. The van der Waals surface area contributed by atoms with Gasteiger partial charge in [0.1, 0.15) is 0 Å². The van der Waals surface area contributed by atoms with Gasteiger partial charge in [-0.3, -0.25) is 0 Å². The highest BCUT2D eigenvalue weighted by Gasteiger charge is 2.24. The van der Waals surface area contributed by atoms with Gasteiger partial charge in [0.15, 0.2) is 5.65 Å². The maximum Gasteiger partial charge on any atom is 0.434 e. The molecule has 0 atom stereocenters. The normalized spacial score (nSPS) is 12.0. The average Bonchev–Trinajstić information content (AvgIpc) is 2.66. The summed E-state index contributed by atoms with van der Waals surface area (Å²) in [6.07, 6.45) is 0.507. The molecule has 1 N–H and O–H groups in total. The highest BCUT2D eigenvalue weighted by atomic mass is 79.9. The Kier molecular flexibility index (Phi) is 3.14. The maximum absolute atomic E-state index is 11.2. The number of nitrogens with zero attached hydrogens (tertiary/aromatic N) is 3. The van der Waals surface area contributed by atoms with Crippen molar-refractivity contribution in [3.05, 3.63) is 23.5 Å². The summed E-state index contributed by atoms with van der Waals surface area (Å²) in [6.45, 7) is 6.24. The molecule has 0 aliphatic rings. The van der Waals surface area contributed by atoms with Gasteiger partial charge in [0.25, 0.3) is 0 Å². The van der Waals surface area contributed by atoms with Crippen molar-refractivity contribution < 1.29 is 9.90 Å². The summed E-state index contributed by atoms with van der Waals surface area (Å²) >= 11 is 3.35. The molecule has 2 aromatic rings. The van der Waals surface area contributed by atoms with Gasteiger partial charge in [-0.15, -0.1) is 4.68 Å². The van der Waals surface area contributed by atoms with E-state index in [2.05, 4.69) is 46.8 Å². The number of hydrogen-bond donors (Lipinski definition) is 1. The fourth-order valence-electron chi connectivity index (χ4n) is 1.97. The fourth-order valence-corrected chi connectivity index (χ4v) is 2.36. The van der Waals surface area contributed by atoms with Crippen molar-refractivity contribution in [1.82, 2.24) is 14.8 Å². The van der Waals surface area contributed by atoms with Crippen LogP contribution in [-0.2, 0) is 10.7 Å². The van der Waals surface area contributed by atoms with E-state index >= 15 is 0 Å². The molecule has 0 unspecified atom stereocenters. The van der Waals surface area contributed by atoms with Crippen LogP contribution in [0.5, 0.6) is 0 Å². The van der Waals surface area contributed by atoms with Crippen molar-refractivity contribution in [1.29, 1.82) is 0 Å². The zero-order chi connectivity index (χ0) is 13.5. The third-order valence-electron chi connectivity index (χ3n) is 2.76. The van der Waals surface area contributed by atoms with Crippen LogP contribution < -0.4 is 0 Å². The Morgan fingerprint density at radius 1 is 1.50 bits per heavy atom. The highest BCUT2D eigenvalue weighted by molar-refractivity contribution is 9.08. The van der Waals surface area contributed by atoms with Crippen LogP contribution >= 0.6 is 15.9 Å². The zero-order valence-electron chi connectivity index (χ0n) is 10.4. The van der Waals surface area contributed by atoms with Crippen molar-refractivity contribution in [2.45, 2.75) is 31.5 Å². The molecule has 0 saturated carbocycles. The number of halogens is 1. The smallest absolute Gasteiger partial charge is 0.434 e. The minimum atomic E-state index is -1.12. The van der Waals surface area contributed by atoms with E-state index < -0.39 is 6.09 Å². The van der Waals surface area contributed by atoms with E-state index in [-0.39, 0.29) is 5.41 Å². The minimum Gasteiger partial charge on any atom is -0.463 e. The molecular weight excluding hydrogens is 298 g/mol. The number of rotatable bonds is 1. The topological polar surface area (TPSA) is 68.0 Å². The van der Waals surface area contributed by atoms with Crippen molar-refractivity contribution in [2.24, 2.45) is 0 Å². The molecule has 96 valence electrons. The van der Waals surface area contributed by atoms with Crippen LogP contribution in [0, 0.1) is 0 Å². The Hall–Kier alpha value is -1.43. The van der Waals surface area contributed by atoms with Gasteiger partial charge in [0.05, 0.1) is 5.69 Å². The Morgan fingerprint density at radius 2 is 2.17 bits per heavy atom. The lowest BCUT2D eigenvalue weighted by Gasteiger charge is -2.20. The summed E-state index contributed by atoms with van der Waals surface area (Å²) in [5.41, 5.74) is 2.05. The molecule has 0 fully saturated rings. The number of carbonyl (C=O) groups is 1. The molecule has 0 aliphatic carbocycles. The monoisotopic (exact) mass is 311 g/mol. The molecule has 0 spiro atoms. The first kappa shape index (κ1) is 13.0. The molecule has 2 rings (SSSR count). The predicted octanol–water partition coefficient (Wildman–Crippen LogP) is 3.15. The molecule has 0 radical (unpaired) electrons. The summed E-state index contributed by atoms with van der Waals surface area (Å²) < 4.78 is 0.932. The van der Waals surface area contributed by atoms with Gasteiger partial charge in [-0.1, -0.05) is 36.7 Å². The average molecular weight is 312 g/mol. The Morgan fingerprint density at radius 3 is 2.67 bits per heavy atom. The lowest BCUT2D eigenvalue weighted by Crippen LogP contribution is -2.13. The molecule has 0 amide bonds. The van der Waals surface area contributed by atoms with E-state index in [0.29, 0.717) is 16.7 Å². The van der Waals surface area contributed by atoms with Crippen molar-refractivity contribution in [3.8, 4) is 0 Å². The molecule has 18 heavy (non-hydrogen) atoms. The Bertz CT molecular complexity index is 614. The molecule has 2 heterocycles. The third kappa shape index (κ3) is 2.01. The second kappa shape index (κ2) is 4.35. The first-order chi connectivity index (χ1) is 8.36. The van der Waals surface area contributed by atoms with Crippen LogP contribution in [0.1, 0.15) is 32.0 Å². The number of hydrogen-bond acceptors (Lipinski definition) is 3. The Balaban J connectivity index is 2.88. The molecule has 2 aromatic heterocycles. The van der Waals surface area contributed by atoms with Crippen LogP contribution in [0.25, 0.3) is 11.0 Å². The van der Waals surface area contributed by atoms with Crippen molar-refractivity contribution in [3.63, 3.8) is 0 Å². The van der Waals surface area contributed by atoms with E-state index in [1.54, 1.807) is 6.20 Å². The van der Waals surface area contributed by atoms with Crippen LogP contribution in [0.2, 0.25) is 0 Å². The molecule has 6 heteroatoms. The molecule has 0 bridgehead atoms. The number of alkyl halides is 1. The van der Waals surface area contributed by atoms with E-state index in [4.69, 9.17) is 5.11 Å². The van der Waals surface area contributed by atoms with Crippen LogP contribution in [0.15, 0.2) is 12.3 Å². The summed E-state index contributed by atoms with van der Waals surface area (Å²) in [4.78, 5) is 15.3. The molecule has 0 aliphatic heterocycles. The fraction of sp³-hybridized carbons (Fsp3) is 0.417. The number of carboxylic acid groups (broad SMARTS) is 1. The lowest BCUT2D eigenvalue weighted by molar-refractivity contribution is 0.193. The second-order valence-electron chi connectivity index (χ2n) is 5.08. The second-order valence-corrected chi connectivity index (χ2v) is 5.64. The van der Waals surface area contributed by atoms with Gasteiger partial charge in [0, 0.05) is 16.9 Å². The quantitative estimate of drug-likeness (QED) is 0.821. The molecule has 0 aromatic carbocycles. The van der Waals surface area contributed by atoms with E-state index in [1.807, 2.05) is 6.07 Å². The first-order valence-electron chi connectivity index (χ1n) is 5.52. The SMILES string of the molecule is CC(C)(C)c1ccnc2c1c(CBr)nn2C(=O)O. The van der Waals surface area contributed by atoms with Crippen molar-refractivity contribution >= 4 is 33.1 Å². The van der Waals surface area contributed by atoms with Gasteiger partial charge >= 0.3 is 6.09 Å². The minimum absolute atomic E-state index is 0.0928. The molecule has 0 saturated heterocycles. The molecule has 5 nitrogen and oxygen atoms in total. The van der Waals surface area contributed by atoms with Gasteiger partial charge in [-0.05, 0) is 17.0 Å². The maximum atomic E-state index is 11.2. The van der Waals surface area contributed by atoms with E-state index in [0.717, 1.165) is 15.6 Å². The summed E-state index contributed by atoms with van der Waals surface area (Å²) in [7, 11) is 0. The van der Waals surface area contributed by atoms with Crippen LogP contribution in [0.4, 0.5) is 4.79 Å². The number of fused-ring (bicyclic) bond motifs is 1. The summed E-state index contributed by atoms with van der Waals surface area (Å²) in [5.74, 6) is 0. The van der Waals surface area contributed by atoms with Crippen LogP contribution in [0.3, 0.4) is 0 Å². The summed E-state index contributed by atoms with van der Waals surface area (Å²) in [6, 6.07) is 1.92. The number of pyridine rings is 1. The van der Waals surface area contributed by atoms with Gasteiger partial charge < -0.3 is 5.11 Å². The predicted molar refractivity (Wildman–Crippen MR) is 72.3 cm³/mol. The zero-order valence-corrected chi connectivity index (χ0v) is 12.0.